The molecule has 0 bridgehead atoms. The van der Waals surface area contributed by atoms with Crippen LogP contribution in [0.25, 0.3) is 0 Å². The average molecular weight is 502 g/mol. The summed E-state index contributed by atoms with van der Waals surface area (Å²) in [4.78, 5) is 12.0. The van der Waals surface area contributed by atoms with Crippen molar-refractivity contribution in [3.05, 3.63) is 54.9 Å². The summed E-state index contributed by atoms with van der Waals surface area (Å²) in [7, 11) is 0. The van der Waals surface area contributed by atoms with E-state index in [1.807, 2.05) is 6.07 Å². The van der Waals surface area contributed by atoms with Crippen LogP contribution in [0.5, 0.6) is 5.75 Å². The molecule has 0 fully saturated rings. The van der Waals surface area contributed by atoms with Crippen molar-refractivity contribution >= 4 is 71.3 Å². The molecule has 0 spiro atoms. The first-order chi connectivity index (χ1) is 11.0. The zero-order chi connectivity index (χ0) is 16.6. The molecule has 0 aliphatic carbocycles. The molecule has 3 rings (SSSR count). The van der Waals surface area contributed by atoms with Gasteiger partial charge >= 0.3 is 0 Å². The van der Waals surface area contributed by atoms with E-state index in [0.29, 0.717) is 21.3 Å². The number of amides is 1. The number of phenols is 1. The quantitative estimate of drug-likeness (QED) is 0.471. The Bertz CT molecular complexity index is 879. The van der Waals surface area contributed by atoms with Gasteiger partial charge in [0.05, 0.1) is 16.4 Å². The Morgan fingerprint density at radius 3 is 2.65 bits per heavy atom. The summed E-state index contributed by atoms with van der Waals surface area (Å²) < 4.78 is 2.16. The Hall–Kier alpha value is -1.51. The second-order valence-corrected chi connectivity index (χ2v) is 7.35. The van der Waals surface area contributed by atoms with Crippen LogP contribution in [-0.2, 0) is 4.79 Å². The molecule has 0 aromatic heterocycles. The summed E-state index contributed by atoms with van der Waals surface area (Å²) in [5, 5.41) is 20.6. The van der Waals surface area contributed by atoms with E-state index in [-0.39, 0.29) is 17.4 Å². The zero-order valence-electron chi connectivity index (χ0n) is 11.3. The zero-order valence-corrected chi connectivity index (χ0v) is 16.1. The predicted octanol–water partition coefficient (Wildman–Crippen LogP) is 4.46. The summed E-state index contributed by atoms with van der Waals surface area (Å²) in [6.45, 7) is 0. The van der Waals surface area contributed by atoms with Crippen molar-refractivity contribution in [2.24, 2.45) is 10.2 Å². The van der Waals surface area contributed by atoms with E-state index in [2.05, 4.69) is 63.3 Å². The highest BCUT2D eigenvalue weighted by Gasteiger charge is 2.26. The highest BCUT2D eigenvalue weighted by Crippen LogP contribution is 2.31. The van der Waals surface area contributed by atoms with Gasteiger partial charge in [0.2, 0.25) is 0 Å². The number of nitrogens with one attached hydrogen (secondary N) is 1. The van der Waals surface area contributed by atoms with E-state index in [1.54, 1.807) is 24.3 Å². The monoisotopic (exact) mass is 499 g/mol. The topological polar surface area (TPSA) is 74.0 Å². The van der Waals surface area contributed by atoms with Crippen LogP contribution in [0.15, 0.2) is 54.0 Å². The largest absolute Gasteiger partial charge is 0.506 e. The summed E-state index contributed by atoms with van der Waals surface area (Å²) in [6.07, 6.45) is 1.39. The fourth-order valence-electron chi connectivity index (χ4n) is 2.06. The number of fused-ring (bicyclic) bond motifs is 1. The first kappa shape index (κ1) is 16.4. The van der Waals surface area contributed by atoms with Crippen molar-refractivity contribution in [3.8, 4) is 5.75 Å². The highest BCUT2D eigenvalue weighted by atomic mass is 79.9. The second kappa shape index (κ2) is 6.54. The molecule has 0 saturated carbocycles. The van der Waals surface area contributed by atoms with Gasteiger partial charge in [0.25, 0.3) is 5.91 Å². The van der Waals surface area contributed by atoms with Crippen LogP contribution in [0, 0.1) is 0 Å². The van der Waals surface area contributed by atoms with Gasteiger partial charge in [-0.2, -0.15) is 5.10 Å². The summed E-state index contributed by atoms with van der Waals surface area (Å²) in [5.41, 5.74) is 2.08. The standard InChI is InChI=1S/C15H8Br3N3O2/c16-8-1-2-12-10(4-8)13(15(23)20-12)21-19-6-7-3-9(17)5-11(18)14(7)22/h1-6,22H,(H,20,21,23)/b19-6-. The van der Waals surface area contributed by atoms with Gasteiger partial charge in [0.1, 0.15) is 5.75 Å². The number of benzene rings is 2. The molecule has 2 aromatic carbocycles. The number of hydrogen-bond acceptors (Lipinski definition) is 4. The molecule has 2 aromatic rings. The smallest absolute Gasteiger partial charge is 0.276 e. The summed E-state index contributed by atoms with van der Waals surface area (Å²) in [6, 6.07) is 8.84. The lowest BCUT2D eigenvalue weighted by atomic mass is 10.1. The Kier molecular flexibility index (Phi) is 4.65. The predicted molar refractivity (Wildman–Crippen MR) is 100 cm³/mol. The molecular weight excluding hydrogens is 494 g/mol. The fraction of sp³-hybridized carbons (Fsp3) is 0. The van der Waals surface area contributed by atoms with Gasteiger partial charge in [0, 0.05) is 20.1 Å². The molecule has 1 amide bonds. The third kappa shape index (κ3) is 3.39. The van der Waals surface area contributed by atoms with Gasteiger partial charge in [0.15, 0.2) is 5.71 Å². The van der Waals surface area contributed by atoms with Crippen molar-refractivity contribution in [1.29, 1.82) is 0 Å². The van der Waals surface area contributed by atoms with Gasteiger partial charge in [-0.1, -0.05) is 31.9 Å². The lowest BCUT2D eigenvalue weighted by molar-refractivity contribution is -0.110. The number of hydrogen-bond donors (Lipinski definition) is 2. The number of nitrogens with zero attached hydrogens (tertiary/aromatic N) is 2. The third-order valence-electron chi connectivity index (χ3n) is 3.11. The lowest BCUT2D eigenvalue weighted by Gasteiger charge is -2.01. The van der Waals surface area contributed by atoms with E-state index in [0.717, 1.165) is 8.95 Å². The molecule has 5 nitrogen and oxygen atoms in total. The molecule has 1 aliphatic rings. The number of rotatable bonds is 2. The maximum atomic E-state index is 12.0. The first-order valence-electron chi connectivity index (χ1n) is 6.36. The Balaban J connectivity index is 1.95. The van der Waals surface area contributed by atoms with Crippen molar-refractivity contribution in [2.45, 2.75) is 0 Å². The average Bonchev–Trinajstić information content (AvgIpc) is 2.79. The summed E-state index contributed by atoms with van der Waals surface area (Å²) in [5.74, 6) is -0.258. The Morgan fingerprint density at radius 1 is 1.09 bits per heavy atom. The van der Waals surface area contributed by atoms with E-state index >= 15 is 0 Å². The summed E-state index contributed by atoms with van der Waals surface area (Å²) >= 11 is 9.95. The number of carbonyl (C=O) groups is 1. The van der Waals surface area contributed by atoms with Crippen LogP contribution in [-0.4, -0.2) is 22.9 Å². The van der Waals surface area contributed by atoms with E-state index in [1.165, 1.54) is 6.21 Å². The fourth-order valence-corrected chi connectivity index (χ4v) is 3.68. The van der Waals surface area contributed by atoms with Crippen molar-refractivity contribution < 1.29 is 9.90 Å². The lowest BCUT2D eigenvalue weighted by Crippen LogP contribution is -2.13. The minimum atomic E-state index is -0.310. The number of halogens is 3. The molecule has 0 unspecified atom stereocenters. The normalized spacial score (nSPS) is 15.3. The maximum Gasteiger partial charge on any atom is 0.276 e. The molecule has 0 radical (unpaired) electrons. The minimum absolute atomic E-state index is 0.0520. The molecule has 23 heavy (non-hydrogen) atoms. The van der Waals surface area contributed by atoms with Crippen LogP contribution in [0.3, 0.4) is 0 Å². The molecule has 0 saturated heterocycles. The minimum Gasteiger partial charge on any atom is -0.506 e. The van der Waals surface area contributed by atoms with E-state index in [4.69, 9.17) is 0 Å². The first-order valence-corrected chi connectivity index (χ1v) is 8.74. The van der Waals surface area contributed by atoms with Gasteiger partial charge < -0.3 is 10.4 Å². The number of anilines is 1. The molecule has 116 valence electrons. The molecule has 1 heterocycles. The highest BCUT2D eigenvalue weighted by molar-refractivity contribution is 9.11. The SMILES string of the molecule is O=C1Nc2ccc(Br)cc2/C1=N/N=C\c1cc(Br)cc(Br)c1O. The van der Waals surface area contributed by atoms with Crippen LogP contribution < -0.4 is 5.32 Å². The molecular formula is C15H8Br3N3O2. The van der Waals surface area contributed by atoms with Crippen LogP contribution in [0.4, 0.5) is 5.69 Å². The van der Waals surface area contributed by atoms with Gasteiger partial charge in [-0.05, 0) is 46.3 Å². The Labute approximate surface area is 156 Å². The van der Waals surface area contributed by atoms with E-state index < -0.39 is 0 Å². The van der Waals surface area contributed by atoms with Crippen molar-refractivity contribution in [3.63, 3.8) is 0 Å². The Morgan fingerprint density at radius 2 is 1.87 bits per heavy atom. The van der Waals surface area contributed by atoms with Crippen LogP contribution >= 0.6 is 47.8 Å². The maximum absolute atomic E-state index is 12.0. The van der Waals surface area contributed by atoms with Gasteiger partial charge in [-0.15, -0.1) is 5.10 Å². The number of phenolic OH excluding ortho intramolecular Hbond substituents is 1. The van der Waals surface area contributed by atoms with Crippen molar-refractivity contribution in [1.82, 2.24) is 0 Å². The van der Waals surface area contributed by atoms with Gasteiger partial charge in [-0.25, -0.2) is 0 Å². The van der Waals surface area contributed by atoms with Crippen molar-refractivity contribution in [2.75, 3.05) is 5.32 Å². The molecule has 1 aliphatic heterocycles. The van der Waals surface area contributed by atoms with E-state index in [9.17, 15) is 9.90 Å². The molecule has 8 heteroatoms. The molecule has 2 N–H and O–H groups in total. The second-order valence-electron chi connectivity index (χ2n) is 4.66. The van der Waals surface area contributed by atoms with Gasteiger partial charge in [-0.3, -0.25) is 4.79 Å². The third-order valence-corrected chi connectivity index (χ3v) is 4.67. The van der Waals surface area contributed by atoms with Crippen LogP contribution in [0.2, 0.25) is 0 Å². The van der Waals surface area contributed by atoms with Crippen LogP contribution in [0.1, 0.15) is 11.1 Å². The number of carbonyl (C=O) groups excluding carboxylic acids is 1. The molecule has 0 atom stereocenters. The number of aromatic hydroxyl groups is 1.